The van der Waals surface area contributed by atoms with Gasteiger partial charge in [-0.3, -0.25) is 0 Å². The highest BCUT2D eigenvalue weighted by Gasteiger charge is 2.34. The molecule has 2 unspecified atom stereocenters. The SMILES string of the molecule is CCNC(c1c(C)ccc2ccccc12)C(C)C1CC1. The molecule has 0 heterocycles. The molecule has 0 saturated heterocycles. The molecule has 1 saturated carbocycles. The van der Waals surface area contributed by atoms with Crippen LogP contribution in [-0.2, 0) is 0 Å². The van der Waals surface area contributed by atoms with Crippen molar-refractivity contribution in [2.75, 3.05) is 6.54 Å². The van der Waals surface area contributed by atoms with Gasteiger partial charge in [0.15, 0.2) is 0 Å². The highest BCUT2D eigenvalue weighted by atomic mass is 14.9. The Bertz CT molecular complexity index is 598. The quantitative estimate of drug-likeness (QED) is 0.817. The smallest absolute Gasteiger partial charge is 0.0357 e. The van der Waals surface area contributed by atoms with Crippen LogP contribution in [0.1, 0.15) is 43.9 Å². The Morgan fingerprint density at radius 1 is 1.15 bits per heavy atom. The molecule has 1 nitrogen and oxygen atoms in total. The molecule has 2 atom stereocenters. The van der Waals surface area contributed by atoms with E-state index >= 15 is 0 Å². The van der Waals surface area contributed by atoms with Crippen LogP contribution in [0.25, 0.3) is 10.8 Å². The molecule has 2 aromatic rings. The van der Waals surface area contributed by atoms with E-state index in [2.05, 4.69) is 62.5 Å². The van der Waals surface area contributed by atoms with Crippen LogP contribution in [0, 0.1) is 18.8 Å². The van der Waals surface area contributed by atoms with E-state index in [1.54, 1.807) is 0 Å². The molecule has 0 amide bonds. The second kappa shape index (κ2) is 5.57. The zero-order valence-corrected chi connectivity index (χ0v) is 12.8. The average molecular weight is 267 g/mol. The topological polar surface area (TPSA) is 12.0 Å². The zero-order chi connectivity index (χ0) is 14.1. The van der Waals surface area contributed by atoms with Crippen LogP contribution in [0.3, 0.4) is 0 Å². The van der Waals surface area contributed by atoms with Crippen molar-refractivity contribution in [2.45, 2.75) is 39.7 Å². The minimum atomic E-state index is 0.485. The van der Waals surface area contributed by atoms with Crippen LogP contribution < -0.4 is 5.32 Å². The number of fused-ring (bicyclic) bond motifs is 1. The second-order valence-corrected chi connectivity index (χ2v) is 6.25. The molecule has 1 aliphatic carbocycles. The molecule has 1 aliphatic rings. The molecular formula is C19H25N. The van der Waals surface area contributed by atoms with Crippen molar-refractivity contribution in [3.8, 4) is 0 Å². The summed E-state index contributed by atoms with van der Waals surface area (Å²) in [7, 11) is 0. The highest BCUT2D eigenvalue weighted by molar-refractivity contribution is 5.87. The van der Waals surface area contributed by atoms with Gasteiger partial charge in [-0.05, 0) is 60.0 Å². The number of hydrogen-bond acceptors (Lipinski definition) is 1. The van der Waals surface area contributed by atoms with Gasteiger partial charge in [-0.1, -0.05) is 50.2 Å². The molecule has 0 radical (unpaired) electrons. The van der Waals surface area contributed by atoms with E-state index in [0.717, 1.165) is 18.4 Å². The van der Waals surface area contributed by atoms with Gasteiger partial charge in [0.1, 0.15) is 0 Å². The lowest BCUT2D eigenvalue weighted by Crippen LogP contribution is -2.28. The summed E-state index contributed by atoms with van der Waals surface area (Å²) < 4.78 is 0. The monoisotopic (exact) mass is 267 g/mol. The summed E-state index contributed by atoms with van der Waals surface area (Å²) in [6.45, 7) is 7.93. The van der Waals surface area contributed by atoms with Crippen molar-refractivity contribution in [2.24, 2.45) is 11.8 Å². The Balaban J connectivity index is 2.11. The molecule has 2 aromatic carbocycles. The number of nitrogens with one attached hydrogen (secondary N) is 1. The van der Waals surface area contributed by atoms with Crippen molar-refractivity contribution >= 4 is 10.8 Å². The van der Waals surface area contributed by atoms with Gasteiger partial charge in [0.2, 0.25) is 0 Å². The summed E-state index contributed by atoms with van der Waals surface area (Å²) in [4.78, 5) is 0. The van der Waals surface area contributed by atoms with Crippen LogP contribution in [0.4, 0.5) is 0 Å². The van der Waals surface area contributed by atoms with Crippen LogP contribution in [0.15, 0.2) is 36.4 Å². The largest absolute Gasteiger partial charge is 0.310 e. The first-order valence-electron chi connectivity index (χ1n) is 7.94. The third-order valence-electron chi connectivity index (χ3n) is 4.82. The first kappa shape index (κ1) is 13.6. The van der Waals surface area contributed by atoms with Gasteiger partial charge in [0, 0.05) is 6.04 Å². The first-order valence-corrected chi connectivity index (χ1v) is 7.94. The van der Waals surface area contributed by atoms with Crippen molar-refractivity contribution in [3.05, 3.63) is 47.5 Å². The Morgan fingerprint density at radius 2 is 1.90 bits per heavy atom. The molecule has 1 heteroatoms. The molecule has 1 fully saturated rings. The number of hydrogen-bond donors (Lipinski definition) is 1. The van der Waals surface area contributed by atoms with E-state index in [-0.39, 0.29) is 0 Å². The predicted octanol–water partition coefficient (Wildman–Crippen LogP) is 4.84. The van der Waals surface area contributed by atoms with Gasteiger partial charge in [-0.15, -0.1) is 0 Å². The summed E-state index contributed by atoms with van der Waals surface area (Å²) in [5.41, 5.74) is 2.94. The maximum absolute atomic E-state index is 3.75. The standard InChI is InChI=1S/C19H25N/c1-4-20-19(14(3)15-11-12-15)18-13(2)9-10-16-7-5-6-8-17(16)18/h5-10,14-15,19-20H,4,11-12H2,1-3H3. The fraction of sp³-hybridized carbons (Fsp3) is 0.474. The molecule has 0 spiro atoms. The van der Waals surface area contributed by atoms with Crippen molar-refractivity contribution in [1.82, 2.24) is 5.32 Å². The van der Waals surface area contributed by atoms with E-state index in [0.29, 0.717) is 6.04 Å². The van der Waals surface area contributed by atoms with E-state index < -0.39 is 0 Å². The van der Waals surface area contributed by atoms with Gasteiger partial charge >= 0.3 is 0 Å². The van der Waals surface area contributed by atoms with Gasteiger partial charge in [-0.2, -0.15) is 0 Å². The van der Waals surface area contributed by atoms with Crippen LogP contribution in [0.2, 0.25) is 0 Å². The fourth-order valence-corrected chi connectivity index (χ4v) is 3.48. The summed E-state index contributed by atoms with van der Waals surface area (Å²) in [6.07, 6.45) is 2.82. The zero-order valence-electron chi connectivity index (χ0n) is 12.8. The van der Waals surface area contributed by atoms with E-state index in [1.807, 2.05) is 0 Å². The van der Waals surface area contributed by atoms with Gasteiger partial charge in [0.25, 0.3) is 0 Å². The van der Waals surface area contributed by atoms with E-state index in [9.17, 15) is 0 Å². The Morgan fingerprint density at radius 3 is 2.60 bits per heavy atom. The molecule has 20 heavy (non-hydrogen) atoms. The molecular weight excluding hydrogens is 242 g/mol. The lowest BCUT2D eigenvalue weighted by atomic mass is 9.85. The van der Waals surface area contributed by atoms with Crippen molar-refractivity contribution in [3.63, 3.8) is 0 Å². The summed E-state index contributed by atoms with van der Waals surface area (Å²) >= 11 is 0. The van der Waals surface area contributed by atoms with E-state index in [4.69, 9.17) is 0 Å². The average Bonchev–Trinajstić information content (AvgIpc) is 3.29. The number of aryl methyl sites for hydroxylation is 1. The highest BCUT2D eigenvalue weighted by Crippen LogP contribution is 2.44. The number of rotatable bonds is 5. The lowest BCUT2D eigenvalue weighted by Gasteiger charge is -2.28. The second-order valence-electron chi connectivity index (χ2n) is 6.25. The van der Waals surface area contributed by atoms with Crippen molar-refractivity contribution in [1.29, 1.82) is 0 Å². The van der Waals surface area contributed by atoms with Crippen LogP contribution in [0.5, 0.6) is 0 Å². The van der Waals surface area contributed by atoms with Gasteiger partial charge in [0.05, 0.1) is 0 Å². The summed E-state index contributed by atoms with van der Waals surface area (Å²) in [6, 6.07) is 13.8. The first-order chi connectivity index (χ1) is 9.72. The van der Waals surface area contributed by atoms with Gasteiger partial charge < -0.3 is 5.32 Å². The molecule has 3 rings (SSSR count). The van der Waals surface area contributed by atoms with E-state index in [1.165, 1.54) is 34.7 Å². The van der Waals surface area contributed by atoms with Crippen LogP contribution >= 0.6 is 0 Å². The predicted molar refractivity (Wildman–Crippen MR) is 87.0 cm³/mol. The fourth-order valence-electron chi connectivity index (χ4n) is 3.48. The minimum Gasteiger partial charge on any atom is -0.310 e. The molecule has 1 N–H and O–H groups in total. The third kappa shape index (κ3) is 2.47. The maximum Gasteiger partial charge on any atom is 0.0357 e. The molecule has 0 aliphatic heterocycles. The maximum atomic E-state index is 3.75. The Kier molecular flexibility index (Phi) is 3.80. The number of benzene rings is 2. The lowest BCUT2D eigenvalue weighted by molar-refractivity contribution is 0.356. The Labute approximate surface area is 122 Å². The molecule has 0 bridgehead atoms. The van der Waals surface area contributed by atoms with Crippen molar-refractivity contribution < 1.29 is 0 Å². The van der Waals surface area contributed by atoms with Crippen LogP contribution in [-0.4, -0.2) is 6.54 Å². The normalized spacial score (nSPS) is 18.1. The minimum absolute atomic E-state index is 0.485. The third-order valence-corrected chi connectivity index (χ3v) is 4.82. The summed E-state index contributed by atoms with van der Waals surface area (Å²) in [5.74, 6) is 1.64. The molecule has 0 aromatic heterocycles. The Hall–Kier alpha value is -1.34. The summed E-state index contributed by atoms with van der Waals surface area (Å²) in [5, 5.41) is 6.54. The van der Waals surface area contributed by atoms with Gasteiger partial charge in [-0.25, -0.2) is 0 Å². The molecule has 106 valence electrons.